The molecule has 0 heterocycles. The Balaban J connectivity index is 2.28. The van der Waals surface area contributed by atoms with Crippen LogP contribution in [0.1, 0.15) is 43.7 Å². The van der Waals surface area contributed by atoms with Crippen LogP contribution in [0.15, 0.2) is 24.3 Å². The first-order chi connectivity index (χ1) is 9.93. The lowest BCUT2D eigenvalue weighted by Gasteiger charge is -2.09. The summed E-state index contributed by atoms with van der Waals surface area (Å²) in [7, 11) is 0. The molecular weight excluding hydrogens is 277 g/mol. The van der Waals surface area contributed by atoms with E-state index in [1.807, 2.05) is 0 Å². The van der Waals surface area contributed by atoms with E-state index in [-0.39, 0.29) is 0 Å². The molecule has 0 radical (unpaired) electrons. The summed E-state index contributed by atoms with van der Waals surface area (Å²) < 4.78 is 37.3. The smallest absolute Gasteiger partial charge is 0.311 e. The number of halogens is 3. The fourth-order valence-electron chi connectivity index (χ4n) is 2.04. The van der Waals surface area contributed by atoms with Crippen molar-refractivity contribution in [3.63, 3.8) is 0 Å². The van der Waals surface area contributed by atoms with Gasteiger partial charge in [0, 0.05) is 18.7 Å². The molecule has 118 valence electrons. The highest BCUT2D eigenvalue weighted by molar-refractivity contribution is 5.85. The van der Waals surface area contributed by atoms with Crippen molar-refractivity contribution in [3.05, 3.63) is 35.4 Å². The number of rotatable bonds is 9. The van der Waals surface area contributed by atoms with Crippen molar-refractivity contribution in [3.8, 4) is 0 Å². The van der Waals surface area contributed by atoms with Gasteiger partial charge >= 0.3 is 6.18 Å². The Morgan fingerprint density at radius 2 is 1.76 bits per heavy atom. The highest BCUT2D eigenvalue weighted by Gasteiger charge is 2.29. The standard InChI is InChI=1S/C16H23F3N2/c1-2-3-4-5-10-21-12-15(20)11-13-6-8-14(9-7-13)16(17,18)19/h6-9,20-21H,2-5,10-12H2,1H3. The van der Waals surface area contributed by atoms with Gasteiger partial charge in [-0.2, -0.15) is 13.2 Å². The van der Waals surface area contributed by atoms with Crippen molar-refractivity contribution < 1.29 is 13.2 Å². The van der Waals surface area contributed by atoms with Crippen LogP contribution in [0.25, 0.3) is 0 Å². The summed E-state index contributed by atoms with van der Waals surface area (Å²) >= 11 is 0. The molecule has 0 bridgehead atoms. The normalized spacial score (nSPS) is 11.6. The molecule has 0 amide bonds. The van der Waals surface area contributed by atoms with Crippen LogP contribution >= 0.6 is 0 Å². The van der Waals surface area contributed by atoms with Crippen LogP contribution in [0.3, 0.4) is 0 Å². The fourth-order valence-corrected chi connectivity index (χ4v) is 2.04. The number of alkyl halides is 3. The van der Waals surface area contributed by atoms with Gasteiger partial charge in [-0.25, -0.2) is 0 Å². The van der Waals surface area contributed by atoms with E-state index in [9.17, 15) is 13.2 Å². The highest BCUT2D eigenvalue weighted by atomic mass is 19.4. The summed E-state index contributed by atoms with van der Waals surface area (Å²) in [5, 5.41) is 11.0. The molecule has 0 saturated heterocycles. The summed E-state index contributed by atoms with van der Waals surface area (Å²) in [6.45, 7) is 3.54. The maximum absolute atomic E-state index is 12.4. The van der Waals surface area contributed by atoms with E-state index in [2.05, 4.69) is 12.2 Å². The summed E-state index contributed by atoms with van der Waals surface area (Å²) in [6.07, 6.45) is 0.803. The summed E-state index contributed by atoms with van der Waals surface area (Å²) in [5.74, 6) is 0. The minimum atomic E-state index is -4.30. The van der Waals surface area contributed by atoms with Gasteiger partial charge in [-0.3, -0.25) is 0 Å². The van der Waals surface area contributed by atoms with Crippen LogP contribution < -0.4 is 5.32 Å². The molecule has 5 heteroatoms. The topological polar surface area (TPSA) is 35.9 Å². The fraction of sp³-hybridized carbons (Fsp3) is 0.562. The molecule has 1 rings (SSSR count). The lowest BCUT2D eigenvalue weighted by molar-refractivity contribution is -0.137. The van der Waals surface area contributed by atoms with Crippen molar-refractivity contribution in [1.82, 2.24) is 5.32 Å². The zero-order chi connectivity index (χ0) is 15.7. The van der Waals surface area contributed by atoms with Gasteiger partial charge in [-0.15, -0.1) is 0 Å². The maximum atomic E-state index is 12.4. The number of hydrogen-bond donors (Lipinski definition) is 2. The van der Waals surface area contributed by atoms with Gasteiger partial charge in [0.05, 0.1) is 5.56 Å². The Kier molecular flexibility index (Phi) is 7.43. The van der Waals surface area contributed by atoms with E-state index in [1.165, 1.54) is 31.4 Å². The van der Waals surface area contributed by atoms with Crippen molar-refractivity contribution in [2.24, 2.45) is 0 Å². The minimum absolute atomic E-state index is 0.389. The molecule has 1 aromatic carbocycles. The van der Waals surface area contributed by atoms with Crippen molar-refractivity contribution >= 4 is 5.71 Å². The van der Waals surface area contributed by atoms with Crippen LogP contribution in [0.5, 0.6) is 0 Å². The molecule has 0 aromatic heterocycles. The van der Waals surface area contributed by atoms with Gasteiger partial charge in [-0.05, 0) is 30.7 Å². The summed E-state index contributed by atoms with van der Waals surface area (Å²) in [4.78, 5) is 0. The average molecular weight is 300 g/mol. The first-order valence-electron chi connectivity index (χ1n) is 7.36. The molecule has 0 aliphatic rings. The molecule has 0 spiro atoms. The quantitative estimate of drug-likeness (QED) is 0.513. The van der Waals surface area contributed by atoms with Gasteiger partial charge in [-0.1, -0.05) is 38.3 Å². The molecular formula is C16H23F3N2. The molecule has 21 heavy (non-hydrogen) atoms. The lowest BCUT2D eigenvalue weighted by atomic mass is 10.1. The van der Waals surface area contributed by atoms with E-state index < -0.39 is 11.7 Å². The number of nitrogens with one attached hydrogen (secondary N) is 2. The van der Waals surface area contributed by atoms with E-state index >= 15 is 0 Å². The lowest BCUT2D eigenvalue weighted by Crippen LogP contribution is -2.24. The molecule has 0 fully saturated rings. The predicted molar refractivity (Wildman–Crippen MR) is 79.9 cm³/mol. The van der Waals surface area contributed by atoms with Crippen molar-refractivity contribution in [2.45, 2.75) is 45.2 Å². The van der Waals surface area contributed by atoms with Crippen molar-refractivity contribution in [1.29, 1.82) is 5.41 Å². The Labute approximate surface area is 124 Å². The molecule has 2 nitrogen and oxygen atoms in total. The number of unbranched alkanes of at least 4 members (excludes halogenated alkanes) is 3. The molecule has 2 N–H and O–H groups in total. The second kappa shape index (κ2) is 8.82. The maximum Gasteiger partial charge on any atom is 0.416 e. The zero-order valence-electron chi connectivity index (χ0n) is 12.4. The summed E-state index contributed by atoms with van der Waals surface area (Å²) in [5.41, 5.74) is 0.581. The molecule has 0 atom stereocenters. The van der Waals surface area contributed by atoms with Gasteiger partial charge in [0.25, 0.3) is 0 Å². The first kappa shape index (κ1) is 17.7. The minimum Gasteiger partial charge on any atom is -0.311 e. The Hall–Kier alpha value is -1.36. The van der Waals surface area contributed by atoms with Crippen LogP contribution in [0, 0.1) is 5.41 Å². The largest absolute Gasteiger partial charge is 0.416 e. The monoisotopic (exact) mass is 300 g/mol. The van der Waals surface area contributed by atoms with E-state index in [0.717, 1.165) is 30.7 Å². The third-order valence-electron chi connectivity index (χ3n) is 3.24. The number of benzene rings is 1. The Morgan fingerprint density at radius 1 is 1.10 bits per heavy atom. The second-order valence-corrected chi connectivity index (χ2v) is 5.21. The van der Waals surface area contributed by atoms with E-state index in [4.69, 9.17) is 5.41 Å². The zero-order valence-corrected chi connectivity index (χ0v) is 12.4. The highest BCUT2D eigenvalue weighted by Crippen LogP contribution is 2.29. The average Bonchev–Trinajstić information content (AvgIpc) is 2.42. The molecule has 0 unspecified atom stereocenters. The molecule has 0 aliphatic heterocycles. The Morgan fingerprint density at radius 3 is 2.33 bits per heavy atom. The predicted octanol–water partition coefficient (Wildman–Crippen LogP) is 4.44. The van der Waals surface area contributed by atoms with Gasteiger partial charge in [0.15, 0.2) is 0 Å². The first-order valence-corrected chi connectivity index (χ1v) is 7.36. The second-order valence-electron chi connectivity index (χ2n) is 5.21. The van der Waals surface area contributed by atoms with Crippen LogP contribution in [0.4, 0.5) is 13.2 Å². The van der Waals surface area contributed by atoms with Crippen LogP contribution in [-0.2, 0) is 12.6 Å². The third-order valence-corrected chi connectivity index (χ3v) is 3.24. The molecule has 1 aromatic rings. The van der Waals surface area contributed by atoms with Gasteiger partial charge < -0.3 is 10.7 Å². The SMILES string of the molecule is CCCCCCNCC(=N)Cc1ccc(C(F)(F)F)cc1. The van der Waals surface area contributed by atoms with Gasteiger partial charge in [0.2, 0.25) is 0 Å². The third kappa shape index (κ3) is 7.27. The van der Waals surface area contributed by atoms with Crippen LogP contribution in [-0.4, -0.2) is 18.8 Å². The summed E-state index contributed by atoms with van der Waals surface area (Å²) in [6, 6.07) is 5.03. The Bertz CT molecular complexity index is 424. The van der Waals surface area contributed by atoms with Crippen LogP contribution in [0.2, 0.25) is 0 Å². The van der Waals surface area contributed by atoms with E-state index in [0.29, 0.717) is 18.7 Å². The van der Waals surface area contributed by atoms with Gasteiger partial charge in [0.1, 0.15) is 0 Å². The number of hydrogen-bond acceptors (Lipinski definition) is 2. The van der Waals surface area contributed by atoms with E-state index in [1.54, 1.807) is 0 Å². The van der Waals surface area contributed by atoms with Crippen molar-refractivity contribution in [2.75, 3.05) is 13.1 Å². The molecule has 0 aliphatic carbocycles. The molecule has 0 saturated carbocycles.